The summed E-state index contributed by atoms with van der Waals surface area (Å²) in [5.41, 5.74) is 3.48. The van der Waals surface area contributed by atoms with Crippen molar-refractivity contribution in [3.8, 4) is 5.69 Å². The number of nitrogens with zero attached hydrogens (tertiary/aromatic N) is 2. The molecule has 3 aromatic rings. The van der Waals surface area contributed by atoms with E-state index in [1.54, 1.807) is 29.1 Å². The van der Waals surface area contributed by atoms with E-state index in [1.807, 2.05) is 49.5 Å². The first-order valence-corrected chi connectivity index (χ1v) is 7.85. The molecular formula is C19H16ClN3O. The summed E-state index contributed by atoms with van der Waals surface area (Å²) in [6.07, 6.45) is 6.80. The zero-order valence-corrected chi connectivity index (χ0v) is 13.9. The number of benzene rings is 2. The molecule has 0 aliphatic carbocycles. The number of aromatic nitrogens is 2. The van der Waals surface area contributed by atoms with Gasteiger partial charge in [0.05, 0.1) is 11.9 Å². The van der Waals surface area contributed by atoms with E-state index in [0.717, 1.165) is 22.5 Å². The molecule has 0 atom stereocenters. The largest absolute Gasteiger partial charge is 0.322 e. The number of nitrogens with one attached hydrogen (secondary N) is 1. The molecule has 1 aromatic heterocycles. The van der Waals surface area contributed by atoms with Gasteiger partial charge < -0.3 is 5.32 Å². The standard InChI is InChI=1S/C19H16ClN3O/c1-14-11-16(20)8-9-18(14)22-19(24)10-7-15-12-21-23(13-15)17-5-3-2-4-6-17/h2-13H,1H3,(H,22,24)/b10-7+. The smallest absolute Gasteiger partial charge is 0.248 e. The Labute approximate surface area is 145 Å². The molecule has 0 aliphatic heterocycles. The number of para-hydroxylation sites is 1. The van der Waals surface area contributed by atoms with Gasteiger partial charge in [0, 0.05) is 28.5 Å². The van der Waals surface area contributed by atoms with E-state index < -0.39 is 0 Å². The van der Waals surface area contributed by atoms with Crippen LogP contribution in [-0.4, -0.2) is 15.7 Å². The topological polar surface area (TPSA) is 46.9 Å². The predicted molar refractivity (Wildman–Crippen MR) is 97.4 cm³/mol. The van der Waals surface area contributed by atoms with Crippen LogP contribution in [0.2, 0.25) is 5.02 Å². The minimum absolute atomic E-state index is 0.201. The van der Waals surface area contributed by atoms with Gasteiger partial charge in [0.2, 0.25) is 5.91 Å². The Morgan fingerprint density at radius 2 is 2.00 bits per heavy atom. The Balaban J connectivity index is 1.67. The summed E-state index contributed by atoms with van der Waals surface area (Å²) < 4.78 is 1.76. The van der Waals surface area contributed by atoms with E-state index in [0.29, 0.717) is 5.02 Å². The van der Waals surface area contributed by atoms with Gasteiger partial charge in [0.15, 0.2) is 0 Å². The highest BCUT2D eigenvalue weighted by Crippen LogP contribution is 2.19. The van der Waals surface area contributed by atoms with Crippen molar-refractivity contribution in [1.29, 1.82) is 0 Å². The Kier molecular flexibility index (Phi) is 4.77. The monoisotopic (exact) mass is 337 g/mol. The van der Waals surface area contributed by atoms with Crippen LogP contribution in [0.4, 0.5) is 5.69 Å². The summed E-state index contributed by atoms with van der Waals surface area (Å²) in [4.78, 5) is 12.0. The quantitative estimate of drug-likeness (QED) is 0.713. The van der Waals surface area contributed by atoms with Gasteiger partial charge in [-0.05, 0) is 48.9 Å². The molecule has 24 heavy (non-hydrogen) atoms. The van der Waals surface area contributed by atoms with Crippen LogP contribution in [0, 0.1) is 6.92 Å². The normalized spacial score (nSPS) is 10.9. The molecule has 0 spiro atoms. The van der Waals surface area contributed by atoms with E-state index in [-0.39, 0.29) is 5.91 Å². The van der Waals surface area contributed by atoms with Crippen LogP contribution in [0.1, 0.15) is 11.1 Å². The second-order valence-corrected chi connectivity index (χ2v) is 5.77. The van der Waals surface area contributed by atoms with E-state index in [4.69, 9.17) is 11.6 Å². The summed E-state index contributed by atoms with van der Waals surface area (Å²) in [6, 6.07) is 15.1. The molecule has 0 radical (unpaired) electrons. The van der Waals surface area contributed by atoms with Crippen molar-refractivity contribution in [2.24, 2.45) is 0 Å². The fourth-order valence-corrected chi connectivity index (χ4v) is 2.49. The molecule has 1 heterocycles. The molecular weight excluding hydrogens is 322 g/mol. The minimum Gasteiger partial charge on any atom is -0.322 e. The summed E-state index contributed by atoms with van der Waals surface area (Å²) in [5, 5.41) is 7.77. The molecule has 0 saturated heterocycles. The zero-order chi connectivity index (χ0) is 16.9. The van der Waals surface area contributed by atoms with E-state index in [9.17, 15) is 4.79 Å². The number of rotatable bonds is 4. The Bertz CT molecular complexity index is 885. The molecule has 2 aromatic carbocycles. The van der Waals surface area contributed by atoms with Crippen LogP contribution >= 0.6 is 11.6 Å². The maximum absolute atomic E-state index is 12.0. The highest BCUT2D eigenvalue weighted by atomic mass is 35.5. The van der Waals surface area contributed by atoms with Crippen molar-refractivity contribution in [2.75, 3.05) is 5.32 Å². The highest BCUT2D eigenvalue weighted by Gasteiger charge is 2.03. The lowest BCUT2D eigenvalue weighted by Crippen LogP contribution is -2.08. The van der Waals surface area contributed by atoms with E-state index in [2.05, 4.69) is 10.4 Å². The summed E-state index contributed by atoms with van der Waals surface area (Å²) in [7, 11) is 0. The molecule has 0 unspecified atom stereocenters. The zero-order valence-electron chi connectivity index (χ0n) is 13.1. The lowest BCUT2D eigenvalue weighted by molar-refractivity contribution is -0.111. The van der Waals surface area contributed by atoms with Crippen LogP contribution in [0.25, 0.3) is 11.8 Å². The second kappa shape index (κ2) is 7.15. The van der Waals surface area contributed by atoms with Crippen molar-refractivity contribution in [3.63, 3.8) is 0 Å². The first-order valence-electron chi connectivity index (χ1n) is 7.47. The lowest BCUT2D eigenvalue weighted by Gasteiger charge is -2.06. The molecule has 5 heteroatoms. The van der Waals surface area contributed by atoms with Crippen molar-refractivity contribution in [1.82, 2.24) is 9.78 Å². The summed E-state index contributed by atoms with van der Waals surface area (Å²) >= 11 is 5.91. The lowest BCUT2D eigenvalue weighted by atomic mass is 10.2. The molecule has 0 aliphatic rings. The number of halogens is 1. The molecule has 1 N–H and O–H groups in total. The van der Waals surface area contributed by atoms with Gasteiger partial charge in [-0.1, -0.05) is 29.8 Å². The molecule has 0 saturated carbocycles. The first-order chi connectivity index (χ1) is 11.6. The Hall–Kier alpha value is -2.85. The van der Waals surface area contributed by atoms with Gasteiger partial charge in [0.1, 0.15) is 0 Å². The third-order valence-corrected chi connectivity index (χ3v) is 3.73. The van der Waals surface area contributed by atoms with Gasteiger partial charge in [-0.15, -0.1) is 0 Å². The van der Waals surface area contributed by atoms with Crippen LogP contribution in [-0.2, 0) is 4.79 Å². The van der Waals surface area contributed by atoms with Crippen molar-refractivity contribution < 1.29 is 4.79 Å². The molecule has 0 bridgehead atoms. The summed E-state index contributed by atoms with van der Waals surface area (Å²) in [6.45, 7) is 1.90. The van der Waals surface area contributed by atoms with Gasteiger partial charge in [-0.2, -0.15) is 5.10 Å². The number of anilines is 1. The second-order valence-electron chi connectivity index (χ2n) is 5.34. The van der Waals surface area contributed by atoms with Crippen molar-refractivity contribution in [2.45, 2.75) is 6.92 Å². The maximum Gasteiger partial charge on any atom is 0.248 e. The number of carbonyl (C=O) groups excluding carboxylic acids is 1. The fourth-order valence-electron chi connectivity index (χ4n) is 2.26. The predicted octanol–water partition coefficient (Wildman–Crippen LogP) is 4.49. The summed E-state index contributed by atoms with van der Waals surface area (Å²) in [5.74, 6) is -0.201. The van der Waals surface area contributed by atoms with Gasteiger partial charge in [-0.25, -0.2) is 4.68 Å². The van der Waals surface area contributed by atoms with Crippen LogP contribution in [0.5, 0.6) is 0 Å². The number of hydrogen-bond donors (Lipinski definition) is 1. The minimum atomic E-state index is -0.201. The molecule has 120 valence electrons. The average Bonchev–Trinajstić information content (AvgIpc) is 3.05. The average molecular weight is 338 g/mol. The van der Waals surface area contributed by atoms with Gasteiger partial charge >= 0.3 is 0 Å². The number of carbonyl (C=O) groups is 1. The van der Waals surface area contributed by atoms with Crippen LogP contribution in [0.15, 0.2) is 67.0 Å². The first kappa shape index (κ1) is 16.0. The number of aryl methyl sites for hydroxylation is 1. The number of amides is 1. The van der Waals surface area contributed by atoms with Crippen molar-refractivity contribution in [3.05, 3.63) is 83.2 Å². The van der Waals surface area contributed by atoms with Crippen LogP contribution in [0.3, 0.4) is 0 Å². The van der Waals surface area contributed by atoms with Crippen molar-refractivity contribution >= 4 is 29.3 Å². The third-order valence-electron chi connectivity index (χ3n) is 3.50. The Morgan fingerprint density at radius 3 is 2.75 bits per heavy atom. The van der Waals surface area contributed by atoms with Crippen LogP contribution < -0.4 is 5.32 Å². The fraction of sp³-hybridized carbons (Fsp3) is 0.0526. The molecule has 3 rings (SSSR count). The van der Waals surface area contributed by atoms with E-state index in [1.165, 1.54) is 6.08 Å². The maximum atomic E-state index is 12.0. The molecule has 0 fully saturated rings. The molecule has 4 nitrogen and oxygen atoms in total. The highest BCUT2D eigenvalue weighted by molar-refractivity contribution is 6.30. The molecule has 1 amide bonds. The van der Waals surface area contributed by atoms with Gasteiger partial charge in [0.25, 0.3) is 0 Å². The van der Waals surface area contributed by atoms with E-state index >= 15 is 0 Å². The SMILES string of the molecule is Cc1cc(Cl)ccc1NC(=O)/C=C/c1cnn(-c2ccccc2)c1. The number of hydrogen-bond acceptors (Lipinski definition) is 2. The Morgan fingerprint density at radius 1 is 1.21 bits per heavy atom. The third kappa shape index (κ3) is 3.91. The van der Waals surface area contributed by atoms with Gasteiger partial charge in [-0.3, -0.25) is 4.79 Å².